The second-order valence-electron chi connectivity index (χ2n) is 2.88. The van der Waals surface area contributed by atoms with Crippen molar-refractivity contribution >= 4 is 6.29 Å². The minimum absolute atomic E-state index is 0.350. The maximum atomic E-state index is 10.5. The molecule has 1 aromatic heterocycles. The van der Waals surface area contributed by atoms with Gasteiger partial charge in [0.05, 0.1) is 17.5 Å². The molecule has 0 aliphatic heterocycles. The van der Waals surface area contributed by atoms with Gasteiger partial charge in [0.15, 0.2) is 6.29 Å². The Morgan fingerprint density at radius 3 is 2.64 bits per heavy atom. The van der Waals surface area contributed by atoms with E-state index in [0.29, 0.717) is 11.5 Å². The van der Waals surface area contributed by atoms with Gasteiger partial charge in [-0.05, 0) is 5.92 Å². The van der Waals surface area contributed by atoms with E-state index in [1.54, 1.807) is 10.9 Å². The van der Waals surface area contributed by atoms with Crippen LogP contribution in [0.1, 0.15) is 35.8 Å². The van der Waals surface area contributed by atoms with E-state index in [4.69, 9.17) is 0 Å². The van der Waals surface area contributed by atoms with Gasteiger partial charge >= 0.3 is 0 Å². The van der Waals surface area contributed by atoms with E-state index >= 15 is 0 Å². The number of carbonyl (C=O) groups is 1. The minimum Gasteiger partial charge on any atom is -0.298 e. The molecule has 0 aliphatic rings. The first kappa shape index (κ1) is 7.98. The molecule has 0 aromatic carbocycles. The Morgan fingerprint density at radius 1 is 1.64 bits per heavy atom. The van der Waals surface area contributed by atoms with Crippen LogP contribution in [0.5, 0.6) is 0 Å². The van der Waals surface area contributed by atoms with Gasteiger partial charge in [-0.25, -0.2) is 0 Å². The molecular formula is C8H12N2O. The molecule has 3 heteroatoms. The van der Waals surface area contributed by atoms with Crippen LogP contribution in [0, 0.1) is 0 Å². The van der Waals surface area contributed by atoms with Gasteiger partial charge in [-0.2, -0.15) is 5.10 Å². The van der Waals surface area contributed by atoms with Gasteiger partial charge in [0.25, 0.3) is 0 Å². The minimum atomic E-state index is 0.350. The third kappa shape index (κ3) is 1.31. The summed E-state index contributed by atoms with van der Waals surface area (Å²) in [5.74, 6) is 0.350. The van der Waals surface area contributed by atoms with Crippen LogP contribution >= 0.6 is 0 Å². The van der Waals surface area contributed by atoms with E-state index in [9.17, 15) is 4.79 Å². The van der Waals surface area contributed by atoms with Crippen LogP contribution in [-0.4, -0.2) is 16.1 Å². The van der Waals surface area contributed by atoms with Crippen molar-refractivity contribution in [1.29, 1.82) is 0 Å². The first-order valence-corrected chi connectivity index (χ1v) is 3.64. The molecule has 1 heterocycles. The molecular weight excluding hydrogens is 140 g/mol. The van der Waals surface area contributed by atoms with Crippen LogP contribution in [0.2, 0.25) is 0 Å². The van der Waals surface area contributed by atoms with Gasteiger partial charge in [-0.1, -0.05) is 13.8 Å². The predicted molar refractivity (Wildman–Crippen MR) is 42.7 cm³/mol. The van der Waals surface area contributed by atoms with Crippen LogP contribution in [0.15, 0.2) is 6.20 Å². The van der Waals surface area contributed by atoms with E-state index in [-0.39, 0.29) is 0 Å². The van der Waals surface area contributed by atoms with Gasteiger partial charge in [0, 0.05) is 7.05 Å². The Morgan fingerprint density at radius 2 is 2.27 bits per heavy atom. The summed E-state index contributed by atoms with van der Waals surface area (Å²) < 4.78 is 1.74. The molecule has 0 aliphatic carbocycles. The lowest BCUT2D eigenvalue weighted by Gasteiger charge is -2.05. The molecule has 11 heavy (non-hydrogen) atoms. The second kappa shape index (κ2) is 2.86. The predicted octanol–water partition coefficient (Wildman–Crippen LogP) is 1.36. The molecule has 1 rings (SSSR count). The molecule has 0 radical (unpaired) electrons. The summed E-state index contributed by atoms with van der Waals surface area (Å²) in [4.78, 5) is 10.5. The van der Waals surface area contributed by atoms with Crippen molar-refractivity contribution in [2.45, 2.75) is 19.8 Å². The van der Waals surface area contributed by atoms with Crippen molar-refractivity contribution in [3.63, 3.8) is 0 Å². The summed E-state index contributed by atoms with van der Waals surface area (Å²) in [5, 5.41) is 3.99. The molecule has 3 nitrogen and oxygen atoms in total. The van der Waals surface area contributed by atoms with Crippen LogP contribution in [0.4, 0.5) is 0 Å². The molecule has 0 saturated carbocycles. The maximum Gasteiger partial charge on any atom is 0.153 e. The van der Waals surface area contributed by atoms with Crippen LogP contribution in [0.3, 0.4) is 0 Å². The highest BCUT2D eigenvalue weighted by molar-refractivity contribution is 5.76. The van der Waals surface area contributed by atoms with E-state index in [1.807, 2.05) is 20.9 Å². The van der Waals surface area contributed by atoms with Crippen LogP contribution in [-0.2, 0) is 7.05 Å². The van der Waals surface area contributed by atoms with E-state index in [0.717, 1.165) is 12.0 Å². The highest BCUT2D eigenvalue weighted by Crippen LogP contribution is 2.16. The van der Waals surface area contributed by atoms with Crippen LogP contribution < -0.4 is 0 Å². The standard InChI is InChI=1S/C8H12N2O/c1-6(2)8-7(5-11)4-9-10(8)3/h4-6H,1-3H3. The fraction of sp³-hybridized carbons (Fsp3) is 0.500. The van der Waals surface area contributed by atoms with Gasteiger partial charge in [-0.15, -0.1) is 0 Å². The van der Waals surface area contributed by atoms with Gasteiger partial charge in [0.2, 0.25) is 0 Å². The number of aromatic nitrogens is 2. The van der Waals surface area contributed by atoms with E-state index in [2.05, 4.69) is 5.10 Å². The van der Waals surface area contributed by atoms with Crippen molar-refractivity contribution in [3.8, 4) is 0 Å². The number of rotatable bonds is 2. The Kier molecular flexibility index (Phi) is 2.08. The Labute approximate surface area is 66.0 Å². The monoisotopic (exact) mass is 152 g/mol. The Balaban J connectivity index is 3.17. The fourth-order valence-electron chi connectivity index (χ4n) is 1.26. The largest absolute Gasteiger partial charge is 0.298 e. The zero-order chi connectivity index (χ0) is 8.43. The van der Waals surface area contributed by atoms with Gasteiger partial charge in [-0.3, -0.25) is 9.48 Å². The van der Waals surface area contributed by atoms with Crippen molar-refractivity contribution in [3.05, 3.63) is 17.5 Å². The summed E-state index contributed by atoms with van der Waals surface area (Å²) in [6.45, 7) is 4.09. The summed E-state index contributed by atoms with van der Waals surface area (Å²) in [7, 11) is 1.85. The average molecular weight is 152 g/mol. The first-order valence-electron chi connectivity index (χ1n) is 3.64. The summed E-state index contributed by atoms with van der Waals surface area (Å²) in [6.07, 6.45) is 2.45. The third-order valence-corrected chi connectivity index (χ3v) is 1.69. The smallest absolute Gasteiger partial charge is 0.153 e. The number of aldehydes is 1. The molecule has 0 N–H and O–H groups in total. The molecule has 0 fully saturated rings. The Hall–Kier alpha value is -1.12. The highest BCUT2D eigenvalue weighted by Gasteiger charge is 2.10. The zero-order valence-corrected chi connectivity index (χ0v) is 7.03. The molecule has 0 spiro atoms. The van der Waals surface area contributed by atoms with E-state index < -0.39 is 0 Å². The number of hydrogen-bond acceptors (Lipinski definition) is 2. The average Bonchev–Trinajstić information content (AvgIpc) is 2.30. The van der Waals surface area contributed by atoms with Crippen LogP contribution in [0.25, 0.3) is 0 Å². The Bertz CT molecular complexity index is 263. The molecule has 0 amide bonds. The molecule has 0 saturated heterocycles. The summed E-state index contributed by atoms with van der Waals surface area (Å²) >= 11 is 0. The quantitative estimate of drug-likeness (QED) is 0.600. The number of aryl methyl sites for hydroxylation is 1. The topological polar surface area (TPSA) is 34.9 Å². The van der Waals surface area contributed by atoms with Crippen molar-refractivity contribution in [2.75, 3.05) is 0 Å². The summed E-state index contributed by atoms with van der Waals surface area (Å²) in [5.41, 5.74) is 1.70. The van der Waals surface area contributed by atoms with Crippen molar-refractivity contribution in [2.24, 2.45) is 7.05 Å². The highest BCUT2D eigenvalue weighted by atomic mass is 16.1. The molecule has 0 unspecified atom stereocenters. The van der Waals surface area contributed by atoms with Gasteiger partial charge in [0.1, 0.15) is 0 Å². The third-order valence-electron chi connectivity index (χ3n) is 1.69. The fourth-order valence-corrected chi connectivity index (χ4v) is 1.26. The second-order valence-corrected chi connectivity index (χ2v) is 2.88. The maximum absolute atomic E-state index is 10.5. The zero-order valence-electron chi connectivity index (χ0n) is 7.03. The first-order chi connectivity index (χ1) is 5.16. The lowest BCUT2D eigenvalue weighted by atomic mass is 10.1. The molecule has 0 atom stereocenters. The summed E-state index contributed by atoms with van der Waals surface area (Å²) in [6, 6.07) is 0. The normalized spacial score (nSPS) is 10.5. The van der Waals surface area contributed by atoms with Gasteiger partial charge < -0.3 is 0 Å². The van der Waals surface area contributed by atoms with Crippen molar-refractivity contribution < 1.29 is 4.79 Å². The SMILES string of the molecule is CC(C)c1c(C=O)cnn1C. The number of carbonyl (C=O) groups excluding carboxylic acids is 1. The van der Waals surface area contributed by atoms with E-state index in [1.165, 1.54) is 0 Å². The lowest BCUT2D eigenvalue weighted by molar-refractivity contribution is 0.112. The molecule has 1 aromatic rings. The molecule has 60 valence electrons. The van der Waals surface area contributed by atoms with Crippen molar-refractivity contribution in [1.82, 2.24) is 9.78 Å². The molecule has 0 bridgehead atoms. The number of nitrogens with zero attached hydrogens (tertiary/aromatic N) is 2. The number of hydrogen-bond donors (Lipinski definition) is 0. The lowest BCUT2D eigenvalue weighted by Crippen LogP contribution is -2.01.